The maximum atomic E-state index is 13.5. The molecule has 1 atom stereocenters. The van der Waals surface area contributed by atoms with Gasteiger partial charge in [-0.25, -0.2) is 0 Å². The summed E-state index contributed by atoms with van der Waals surface area (Å²) >= 11 is 6.16. The Bertz CT molecular complexity index is 1460. The molecule has 1 N–H and O–H groups in total. The van der Waals surface area contributed by atoms with Crippen molar-refractivity contribution in [1.29, 1.82) is 0 Å². The number of hydrogen-bond donors (Lipinski definition) is 1. The summed E-state index contributed by atoms with van der Waals surface area (Å²) < 4.78 is 0. The second-order valence-electron chi connectivity index (χ2n) is 12.5. The predicted octanol–water partition coefficient (Wildman–Crippen LogP) is 4.48. The molecule has 2 fully saturated rings. The van der Waals surface area contributed by atoms with Crippen LogP contribution in [0.5, 0.6) is 0 Å². The van der Waals surface area contributed by atoms with E-state index in [4.69, 9.17) is 11.6 Å². The van der Waals surface area contributed by atoms with Crippen LogP contribution in [0.2, 0.25) is 5.02 Å². The van der Waals surface area contributed by atoms with Gasteiger partial charge in [-0.2, -0.15) is 0 Å². The molecule has 1 unspecified atom stereocenters. The van der Waals surface area contributed by atoms with E-state index in [0.29, 0.717) is 30.8 Å². The van der Waals surface area contributed by atoms with Gasteiger partial charge in [0.05, 0.1) is 6.67 Å². The van der Waals surface area contributed by atoms with Crippen LogP contribution in [0.25, 0.3) is 5.57 Å². The Morgan fingerprint density at radius 1 is 1.05 bits per heavy atom. The van der Waals surface area contributed by atoms with Crippen LogP contribution in [-0.2, 0) is 16.1 Å². The van der Waals surface area contributed by atoms with Gasteiger partial charge in [-0.15, -0.1) is 0 Å². The summed E-state index contributed by atoms with van der Waals surface area (Å²) in [6.07, 6.45) is 3.72. The zero-order chi connectivity index (χ0) is 28.9. The first-order valence-electron chi connectivity index (χ1n) is 14.3. The number of rotatable bonds is 5. The molecule has 0 bridgehead atoms. The monoisotopic (exact) mass is 574 g/mol. The zero-order valence-electron chi connectivity index (χ0n) is 23.5. The number of carbonyl (C=O) groups excluding carboxylic acids is 4. The second kappa shape index (κ2) is 10.7. The highest BCUT2D eigenvalue weighted by molar-refractivity contribution is 6.30. The van der Waals surface area contributed by atoms with Crippen molar-refractivity contribution in [1.82, 2.24) is 20.0 Å². The number of imide groups is 1. The van der Waals surface area contributed by atoms with E-state index in [9.17, 15) is 19.2 Å². The van der Waals surface area contributed by atoms with Crippen molar-refractivity contribution in [3.8, 4) is 0 Å². The van der Waals surface area contributed by atoms with Crippen LogP contribution < -0.4 is 5.32 Å². The highest BCUT2D eigenvalue weighted by Gasteiger charge is 2.39. The van der Waals surface area contributed by atoms with E-state index in [2.05, 4.69) is 36.2 Å². The number of nitrogens with one attached hydrogen (secondary N) is 1. The Kier molecular flexibility index (Phi) is 7.24. The molecule has 4 aliphatic rings. The van der Waals surface area contributed by atoms with Gasteiger partial charge in [-0.1, -0.05) is 43.2 Å². The highest BCUT2D eigenvalue weighted by atomic mass is 35.5. The first-order chi connectivity index (χ1) is 19.6. The molecule has 8 nitrogen and oxygen atoms in total. The Morgan fingerprint density at radius 3 is 2.59 bits per heavy atom. The van der Waals surface area contributed by atoms with Gasteiger partial charge in [0.2, 0.25) is 11.8 Å². The first kappa shape index (κ1) is 27.7. The summed E-state index contributed by atoms with van der Waals surface area (Å²) in [6, 6.07) is 12.6. The minimum Gasteiger partial charge on any atom is -0.324 e. The maximum Gasteiger partial charge on any atom is 0.255 e. The van der Waals surface area contributed by atoms with Crippen molar-refractivity contribution in [2.24, 2.45) is 5.41 Å². The van der Waals surface area contributed by atoms with Crippen LogP contribution in [0.3, 0.4) is 0 Å². The van der Waals surface area contributed by atoms with Gasteiger partial charge < -0.3 is 9.80 Å². The van der Waals surface area contributed by atoms with Crippen molar-refractivity contribution in [2.75, 3.05) is 26.3 Å². The molecule has 1 aliphatic carbocycles. The van der Waals surface area contributed by atoms with Crippen LogP contribution in [0, 0.1) is 5.41 Å². The summed E-state index contributed by atoms with van der Waals surface area (Å²) in [5, 5.41) is 3.06. The van der Waals surface area contributed by atoms with E-state index in [1.54, 1.807) is 18.2 Å². The number of benzene rings is 2. The average Bonchev–Trinajstić information content (AvgIpc) is 3.54. The van der Waals surface area contributed by atoms with Gasteiger partial charge in [0.15, 0.2) is 0 Å². The normalized spacial score (nSPS) is 22.8. The van der Waals surface area contributed by atoms with E-state index in [1.807, 2.05) is 17.0 Å². The molecule has 3 aliphatic heterocycles. The number of nitrogens with zero attached hydrogens (tertiary/aromatic N) is 3. The molecular formula is C32H35ClN4O4. The first-order valence-corrected chi connectivity index (χ1v) is 14.7. The van der Waals surface area contributed by atoms with Gasteiger partial charge in [0.1, 0.15) is 6.04 Å². The van der Waals surface area contributed by atoms with Gasteiger partial charge in [0.25, 0.3) is 11.8 Å². The lowest BCUT2D eigenvalue weighted by atomic mass is 9.72. The molecule has 41 heavy (non-hydrogen) atoms. The fourth-order valence-electron chi connectivity index (χ4n) is 6.56. The Balaban J connectivity index is 1.14. The highest BCUT2D eigenvalue weighted by Crippen LogP contribution is 2.43. The fourth-order valence-corrected chi connectivity index (χ4v) is 6.69. The third-order valence-corrected chi connectivity index (χ3v) is 9.16. The minimum atomic E-state index is -0.670. The average molecular weight is 575 g/mol. The lowest BCUT2D eigenvalue weighted by Crippen LogP contribution is -2.52. The summed E-state index contributed by atoms with van der Waals surface area (Å²) in [5.41, 5.74) is 6.10. The molecule has 0 saturated carbocycles. The van der Waals surface area contributed by atoms with Gasteiger partial charge in [-0.05, 0) is 78.1 Å². The van der Waals surface area contributed by atoms with Crippen LogP contribution >= 0.6 is 11.6 Å². The van der Waals surface area contributed by atoms with E-state index in [1.165, 1.54) is 21.6 Å². The van der Waals surface area contributed by atoms with Gasteiger partial charge >= 0.3 is 0 Å². The summed E-state index contributed by atoms with van der Waals surface area (Å²) in [7, 11) is 0. The lowest BCUT2D eigenvalue weighted by molar-refractivity contribution is -0.136. The quantitative estimate of drug-likeness (QED) is 0.532. The molecule has 4 amide bonds. The van der Waals surface area contributed by atoms with E-state index >= 15 is 0 Å². The van der Waals surface area contributed by atoms with Crippen LogP contribution in [0.4, 0.5) is 0 Å². The second-order valence-corrected chi connectivity index (χ2v) is 12.9. The number of piperidine rings is 1. The molecule has 3 heterocycles. The van der Waals surface area contributed by atoms with Crippen molar-refractivity contribution in [3.63, 3.8) is 0 Å². The third-order valence-electron chi connectivity index (χ3n) is 8.91. The molecule has 214 valence electrons. The molecule has 9 heteroatoms. The van der Waals surface area contributed by atoms with Crippen molar-refractivity contribution in [2.45, 2.75) is 58.5 Å². The number of carbonyl (C=O) groups is 4. The Labute approximate surface area is 245 Å². The van der Waals surface area contributed by atoms with Crippen molar-refractivity contribution >= 4 is 40.8 Å². The van der Waals surface area contributed by atoms with E-state index in [-0.39, 0.29) is 36.1 Å². The molecule has 0 radical (unpaired) electrons. The molecule has 0 aromatic heterocycles. The standard InChI is InChI=1S/C32H35ClN4O4/c1-32(2)12-11-22(26(16-32)20-3-6-24(33)7-4-20)17-35-13-14-36(19-35)30(40)21-5-8-25-23(15-21)18-37(31(25)41)27-9-10-28(38)34-29(27)39/h3-8,15,27H,9-14,16-19H2,1-2H3,(H,34,38,39). The fraction of sp³-hybridized carbons (Fsp3) is 0.438. The van der Waals surface area contributed by atoms with Gasteiger partial charge in [-0.3, -0.25) is 29.4 Å². The van der Waals surface area contributed by atoms with Crippen LogP contribution in [0.15, 0.2) is 48.0 Å². The molecule has 0 spiro atoms. The Morgan fingerprint density at radius 2 is 1.83 bits per heavy atom. The number of hydrogen-bond acceptors (Lipinski definition) is 5. The van der Waals surface area contributed by atoms with E-state index < -0.39 is 11.9 Å². The SMILES string of the molecule is CC1(C)CCC(CN2CCN(C(=O)c3ccc4c(c3)CN(C3CCC(=O)NC3=O)C4=O)C2)=C(c2ccc(Cl)cc2)C1. The maximum absolute atomic E-state index is 13.5. The molecule has 2 saturated heterocycles. The van der Waals surface area contributed by atoms with Gasteiger partial charge in [0, 0.05) is 48.7 Å². The summed E-state index contributed by atoms with van der Waals surface area (Å²) in [4.78, 5) is 56.2. The van der Waals surface area contributed by atoms with Crippen LogP contribution in [0.1, 0.15) is 77.8 Å². The molecule has 2 aromatic rings. The number of allylic oxidation sites excluding steroid dienone is 1. The zero-order valence-corrected chi connectivity index (χ0v) is 24.3. The smallest absolute Gasteiger partial charge is 0.255 e. The molecule has 6 rings (SSSR count). The number of halogens is 1. The molecule has 2 aromatic carbocycles. The largest absolute Gasteiger partial charge is 0.324 e. The number of fused-ring (bicyclic) bond motifs is 1. The number of amides is 4. The summed E-state index contributed by atoms with van der Waals surface area (Å²) in [5.74, 6) is -1.04. The Hall–Kier alpha value is -3.49. The van der Waals surface area contributed by atoms with Crippen molar-refractivity contribution < 1.29 is 19.2 Å². The van der Waals surface area contributed by atoms with Crippen LogP contribution in [-0.4, -0.2) is 70.7 Å². The lowest BCUT2D eigenvalue weighted by Gasteiger charge is -2.35. The van der Waals surface area contributed by atoms with E-state index in [0.717, 1.165) is 42.9 Å². The van der Waals surface area contributed by atoms with Crippen molar-refractivity contribution in [3.05, 3.63) is 75.3 Å². The topological polar surface area (TPSA) is 90.0 Å². The molecular weight excluding hydrogens is 540 g/mol. The predicted molar refractivity (Wildman–Crippen MR) is 156 cm³/mol. The third kappa shape index (κ3) is 5.55. The minimum absolute atomic E-state index is 0.0566. The summed E-state index contributed by atoms with van der Waals surface area (Å²) in [6.45, 7) is 7.74.